The molecule has 29 heavy (non-hydrogen) atoms. The lowest BCUT2D eigenvalue weighted by atomic mass is 10.0. The van der Waals surface area contributed by atoms with Crippen LogP contribution in [-0.4, -0.2) is 24.3 Å². The van der Waals surface area contributed by atoms with Crippen molar-refractivity contribution < 1.29 is 19.1 Å². The third-order valence-corrected chi connectivity index (χ3v) is 4.18. The number of hydrogen-bond donors (Lipinski definition) is 3. The smallest absolute Gasteiger partial charge is 0.269 e. The zero-order chi connectivity index (χ0) is 21.2. The minimum atomic E-state index is -0.445. The standard InChI is InChI=1S/C22H27N3O4/c1-4-29-19-11-9-18(10-12-19)23-20(26)13-14-21(27)24-25-22(28)17-7-5-16(6-8-17)15(2)3/h5-12,15H,4,13-14H2,1-3H3,(H,23,26)(H,24,27)(H,25,28). The molecule has 0 aliphatic carbocycles. The fourth-order valence-corrected chi connectivity index (χ4v) is 2.53. The molecule has 0 heterocycles. The molecule has 3 amide bonds. The van der Waals surface area contributed by atoms with Gasteiger partial charge in [-0.05, 0) is 54.8 Å². The van der Waals surface area contributed by atoms with Crippen LogP contribution in [0.2, 0.25) is 0 Å². The van der Waals surface area contributed by atoms with Crippen LogP contribution in [0.1, 0.15) is 55.5 Å². The number of ether oxygens (including phenoxy) is 1. The van der Waals surface area contributed by atoms with Crippen molar-refractivity contribution in [2.75, 3.05) is 11.9 Å². The van der Waals surface area contributed by atoms with E-state index in [1.807, 2.05) is 19.1 Å². The Labute approximate surface area is 170 Å². The van der Waals surface area contributed by atoms with Crippen molar-refractivity contribution in [3.8, 4) is 5.75 Å². The third kappa shape index (κ3) is 7.29. The zero-order valence-corrected chi connectivity index (χ0v) is 17.0. The first kappa shape index (κ1) is 21.9. The van der Waals surface area contributed by atoms with Gasteiger partial charge in [-0.15, -0.1) is 0 Å². The number of nitrogens with one attached hydrogen (secondary N) is 3. The number of anilines is 1. The highest BCUT2D eigenvalue weighted by Gasteiger charge is 2.10. The van der Waals surface area contributed by atoms with Gasteiger partial charge < -0.3 is 10.1 Å². The van der Waals surface area contributed by atoms with E-state index in [4.69, 9.17) is 4.74 Å². The van der Waals surface area contributed by atoms with Gasteiger partial charge in [-0.1, -0.05) is 26.0 Å². The van der Waals surface area contributed by atoms with Crippen LogP contribution in [0, 0.1) is 0 Å². The van der Waals surface area contributed by atoms with Crippen LogP contribution in [-0.2, 0) is 9.59 Å². The second-order valence-corrected chi connectivity index (χ2v) is 6.78. The Kier molecular flexibility index (Phi) is 8.21. The fraction of sp³-hybridized carbons (Fsp3) is 0.318. The Morgan fingerprint density at radius 3 is 2.07 bits per heavy atom. The molecule has 0 bridgehead atoms. The Balaban J connectivity index is 1.71. The van der Waals surface area contributed by atoms with E-state index in [1.54, 1.807) is 36.4 Å². The van der Waals surface area contributed by atoms with Crippen molar-refractivity contribution in [1.29, 1.82) is 0 Å². The first-order valence-corrected chi connectivity index (χ1v) is 9.61. The molecule has 0 fully saturated rings. The lowest BCUT2D eigenvalue weighted by Gasteiger charge is -2.09. The van der Waals surface area contributed by atoms with Crippen LogP contribution in [0.25, 0.3) is 0 Å². The van der Waals surface area contributed by atoms with Crippen molar-refractivity contribution in [1.82, 2.24) is 10.9 Å². The van der Waals surface area contributed by atoms with Gasteiger partial charge >= 0.3 is 0 Å². The van der Waals surface area contributed by atoms with E-state index < -0.39 is 11.8 Å². The molecule has 0 aliphatic rings. The Morgan fingerprint density at radius 2 is 1.48 bits per heavy atom. The van der Waals surface area contributed by atoms with E-state index in [0.717, 1.165) is 11.3 Å². The van der Waals surface area contributed by atoms with Crippen LogP contribution in [0.5, 0.6) is 5.75 Å². The number of hydrogen-bond acceptors (Lipinski definition) is 4. The van der Waals surface area contributed by atoms with E-state index in [-0.39, 0.29) is 18.7 Å². The molecule has 0 unspecified atom stereocenters. The molecule has 7 nitrogen and oxygen atoms in total. The first-order chi connectivity index (χ1) is 13.9. The molecular weight excluding hydrogens is 370 g/mol. The molecule has 0 spiro atoms. The van der Waals surface area contributed by atoms with Crippen LogP contribution in [0.15, 0.2) is 48.5 Å². The predicted octanol–water partition coefficient (Wildman–Crippen LogP) is 3.39. The number of amides is 3. The number of carbonyl (C=O) groups is 3. The number of carbonyl (C=O) groups excluding carboxylic acids is 3. The lowest BCUT2D eigenvalue weighted by Crippen LogP contribution is -2.41. The molecule has 2 aromatic carbocycles. The topological polar surface area (TPSA) is 96.5 Å². The predicted molar refractivity (Wildman–Crippen MR) is 112 cm³/mol. The highest BCUT2D eigenvalue weighted by atomic mass is 16.5. The van der Waals surface area contributed by atoms with E-state index in [0.29, 0.717) is 23.8 Å². The Bertz CT molecular complexity index is 830. The summed E-state index contributed by atoms with van der Waals surface area (Å²) in [5, 5.41) is 2.71. The average Bonchev–Trinajstić information content (AvgIpc) is 2.72. The summed E-state index contributed by atoms with van der Waals surface area (Å²) in [6.45, 7) is 6.61. The van der Waals surface area contributed by atoms with Gasteiger partial charge in [0.1, 0.15) is 5.75 Å². The van der Waals surface area contributed by atoms with Gasteiger partial charge in [-0.25, -0.2) is 0 Å². The SMILES string of the molecule is CCOc1ccc(NC(=O)CCC(=O)NNC(=O)c2ccc(C(C)C)cc2)cc1. The van der Waals surface area contributed by atoms with E-state index in [2.05, 4.69) is 30.0 Å². The molecule has 0 atom stereocenters. The van der Waals surface area contributed by atoms with Crippen LogP contribution >= 0.6 is 0 Å². The van der Waals surface area contributed by atoms with Gasteiger partial charge in [0, 0.05) is 24.1 Å². The summed E-state index contributed by atoms with van der Waals surface area (Å²) in [5.41, 5.74) is 6.88. The van der Waals surface area contributed by atoms with Crippen LogP contribution in [0.3, 0.4) is 0 Å². The van der Waals surface area contributed by atoms with E-state index in [1.165, 1.54) is 0 Å². The Morgan fingerprint density at radius 1 is 0.862 bits per heavy atom. The maximum Gasteiger partial charge on any atom is 0.269 e. The van der Waals surface area contributed by atoms with Gasteiger partial charge in [0.15, 0.2) is 0 Å². The summed E-state index contributed by atoms with van der Waals surface area (Å²) in [6, 6.07) is 14.2. The zero-order valence-electron chi connectivity index (χ0n) is 17.0. The molecule has 0 aromatic heterocycles. The van der Waals surface area contributed by atoms with E-state index >= 15 is 0 Å². The van der Waals surface area contributed by atoms with Gasteiger partial charge in [0.2, 0.25) is 11.8 Å². The number of benzene rings is 2. The molecule has 3 N–H and O–H groups in total. The summed E-state index contributed by atoms with van der Waals surface area (Å²) in [5.74, 6) is -0.0496. The highest BCUT2D eigenvalue weighted by Crippen LogP contribution is 2.16. The van der Waals surface area contributed by atoms with Crippen molar-refractivity contribution in [2.24, 2.45) is 0 Å². The van der Waals surface area contributed by atoms with Crippen LogP contribution < -0.4 is 20.9 Å². The number of hydrazine groups is 1. The first-order valence-electron chi connectivity index (χ1n) is 9.61. The molecular formula is C22H27N3O4. The summed E-state index contributed by atoms with van der Waals surface area (Å²) in [6.07, 6.45) is -0.0482. The van der Waals surface area contributed by atoms with Crippen molar-refractivity contribution in [2.45, 2.75) is 39.5 Å². The summed E-state index contributed by atoms with van der Waals surface area (Å²) in [4.78, 5) is 35.9. The van der Waals surface area contributed by atoms with Gasteiger partial charge in [0.05, 0.1) is 6.61 Å². The maximum absolute atomic E-state index is 12.1. The quantitative estimate of drug-likeness (QED) is 0.595. The minimum absolute atomic E-state index is 0.00198. The van der Waals surface area contributed by atoms with Crippen molar-refractivity contribution in [3.63, 3.8) is 0 Å². The normalized spacial score (nSPS) is 10.3. The lowest BCUT2D eigenvalue weighted by molar-refractivity contribution is -0.124. The molecule has 0 radical (unpaired) electrons. The van der Waals surface area contributed by atoms with Gasteiger partial charge in [0.25, 0.3) is 5.91 Å². The summed E-state index contributed by atoms with van der Waals surface area (Å²) in [7, 11) is 0. The molecule has 2 rings (SSSR count). The molecule has 154 valence electrons. The molecule has 2 aromatic rings. The molecule has 0 saturated carbocycles. The maximum atomic E-state index is 12.1. The fourth-order valence-electron chi connectivity index (χ4n) is 2.53. The second-order valence-electron chi connectivity index (χ2n) is 6.78. The highest BCUT2D eigenvalue weighted by molar-refractivity contribution is 5.96. The molecule has 7 heteroatoms. The summed E-state index contributed by atoms with van der Waals surface area (Å²) < 4.78 is 5.34. The van der Waals surface area contributed by atoms with Crippen LogP contribution in [0.4, 0.5) is 5.69 Å². The molecule has 0 aliphatic heterocycles. The Hall–Kier alpha value is -3.35. The van der Waals surface area contributed by atoms with E-state index in [9.17, 15) is 14.4 Å². The van der Waals surface area contributed by atoms with Crippen molar-refractivity contribution >= 4 is 23.4 Å². The average molecular weight is 397 g/mol. The largest absolute Gasteiger partial charge is 0.494 e. The number of rotatable bonds is 8. The second kappa shape index (κ2) is 10.8. The monoisotopic (exact) mass is 397 g/mol. The van der Waals surface area contributed by atoms with Gasteiger partial charge in [-0.2, -0.15) is 0 Å². The third-order valence-electron chi connectivity index (χ3n) is 4.18. The molecule has 0 saturated heterocycles. The van der Waals surface area contributed by atoms with Gasteiger partial charge in [-0.3, -0.25) is 25.2 Å². The minimum Gasteiger partial charge on any atom is -0.494 e. The van der Waals surface area contributed by atoms with Crippen molar-refractivity contribution in [3.05, 3.63) is 59.7 Å². The summed E-state index contributed by atoms with van der Waals surface area (Å²) >= 11 is 0.